The van der Waals surface area contributed by atoms with Gasteiger partial charge in [-0.05, 0) is 30.2 Å². The highest BCUT2D eigenvalue weighted by Crippen LogP contribution is 2.22. The van der Waals surface area contributed by atoms with Gasteiger partial charge in [0, 0.05) is 36.9 Å². The number of likely N-dealkylation sites (N-methyl/N-ethyl adjacent to an activating group) is 1. The second kappa shape index (κ2) is 9.23. The van der Waals surface area contributed by atoms with Crippen molar-refractivity contribution in [2.75, 3.05) is 13.7 Å². The zero-order chi connectivity index (χ0) is 19.9. The van der Waals surface area contributed by atoms with Crippen LogP contribution in [0.25, 0.3) is 10.6 Å². The average molecular weight is 395 g/mol. The Balaban J connectivity index is 1.48. The van der Waals surface area contributed by atoms with E-state index in [2.05, 4.69) is 9.97 Å². The normalized spacial score (nSPS) is 10.5. The van der Waals surface area contributed by atoms with E-state index in [1.165, 1.54) is 11.3 Å². The summed E-state index contributed by atoms with van der Waals surface area (Å²) in [5, 5.41) is 2.61. The molecule has 0 unspecified atom stereocenters. The van der Waals surface area contributed by atoms with E-state index in [1.807, 2.05) is 48.7 Å². The summed E-state index contributed by atoms with van der Waals surface area (Å²) in [6.45, 7) is 2.20. The minimum atomic E-state index is -0.472. The van der Waals surface area contributed by atoms with Gasteiger partial charge in [0.1, 0.15) is 5.01 Å². The van der Waals surface area contributed by atoms with Gasteiger partial charge in [-0.25, -0.2) is 4.98 Å². The van der Waals surface area contributed by atoms with Crippen molar-refractivity contribution in [2.24, 2.45) is 0 Å². The molecule has 0 aliphatic heterocycles. The number of aromatic nitrogens is 2. The highest BCUT2D eigenvalue weighted by molar-refractivity contribution is 7.13. The number of aryl methyl sites for hydroxylation is 1. The van der Waals surface area contributed by atoms with Crippen LogP contribution < -0.4 is 0 Å². The molecule has 0 saturated heterocycles. The maximum absolute atomic E-state index is 12.2. The Kier molecular flexibility index (Phi) is 6.49. The smallest absolute Gasteiger partial charge is 0.312 e. The summed E-state index contributed by atoms with van der Waals surface area (Å²) >= 11 is 1.44. The van der Waals surface area contributed by atoms with Crippen molar-refractivity contribution >= 4 is 23.2 Å². The molecule has 0 bridgehead atoms. The number of amides is 1. The predicted molar refractivity (Wildman–Crippen MR) is 108 cm³/mol. The second-order valence-electron chi connectivity index (χ2n) is 6.40. The molecular weight excluding hydrogens is 374 g/mol. The third kappa shape index (κ3) is 5.23. The molecule has 1 amide bonds. The Morgan fingerprint density at radius 2 is 2.00 bits per heavy atom. The Hall–Kier alpha value is -3.06. The number of benzene rings is 1. The summed E-state index contributed by atoms with van der Waals surface area (Å²) in [6.07, 6.45) is 3.46. The van der Waals surface area contributed by atoms with Crippen molar-refractivity contribution in [1.82, 2.24) is 14.9 Å². The molecule has 2 aromatic heterocycles. The first kappa shape index (κ1) is 19.7. The van der Waals surface area contributed by atoms with Crippen molar-refractivity contribution in [2.45, 2.75) is 19.9 Å². The fourth-order valence-electron chi connectivity index (χ4n) is 2.59. The van der Waals surface area contributed by atoms with Crippen molar-refractivity contribution in [3.63, 3.8) is 0 Å². The molecule has 2 heterocycles. The number of pyridine rings is 1. The summed E-state index contributed by atoms with van der Waals surface area (Å²) in [7, 11) is 1.70. The van der Waals surface area contributed by atoms with Gasteiger partial charge in [-0.1, -0.05) is 24.3 Å². The van der Waals surface area contributed by atoms with Crippen LogP contribution in [0.4, 0.5) is 0 Å². The van der Waals surface area contributed by atoms with Crippen LogP contribution in [-0.2, 0) is 27.3 Å². The van der Waals surface area contributed by atoms with Crippen LogP contribution in [0.3, 0.4) is 0 Å². The summed E-state index contributed by atoms with van der Waals surface area (Å²) in [4.78, 5) is 34.3. The van der Waals surface area contributed by atoms with Gasteiger partial charge in [0.15, 0.2) is 6.61 Å². The third-order valence-electron chi connectivity index (χ3n) is 4.24. The van der Waals surface area contributed by atoms with E-state index in [-0.39, 0.29) is 18.9 Å². The predicted octanol–water partition coefficient (Wildman–Crippen LogP) is 3.26. The highest BCUT2D eigenvalue weighted by Gasteiger charge is 2.15. The SMILES string of the molecule is Cc1ccccc1CN(C)C(=O)COC(=O)Cc1csc(-c2cccnc2)n1. The molecule has 7 heteroatoms. The Labute approximate surface area is 167 Å². The maximum Gasteiger partial charge on any atom is 0.312 e. The highest BCUT2D eigenvalue weighted by atomic mass is 32.1. The largest absolute Gasteiger partial charge is 0.455 e. The van der Waals surface area contributed by atoms with Gasteiger partial charge < -0.3 is 9.64 Å². The van der Waals surface area contributed by atoms with Gasteiger partial charge in [0.2, 0.25) is 0 Å². The fourth-order valence-corrected chi connectivity index (χ4v) is 3.40. The second-order valence-corrected chi connectivity index (χ2v) is 7.26. The van der Waals surface area contributed by atoms with E-state index in [0.29, 0.717) is 12.2 Å². The van der Waals surface area contributed by atoms with Crippen LogP contribution in [0.5, 0.6) is 0 Å². The Morgan fingerprint density at radius 3 is 2.75 bits per heavy atom. The topological polar surface area (TPSA) is 72.4 Å². The summed E-state index contributed by atoms with van der Waals surface area (Å²) in [5.74, 6) is -0.716. The lowest BCUT2D eigenvalue weighted by atomic mass is 10.1. The molecule has 3 aromatic rings. The average Bonchev–Trinajstić information content (AvgIpc) is 3.17. The molecule has 28 heavy (non-hydrogen) atoms. The number of nitrogens with zero attached hydrogens (tertiary/aromatic N) is 3. The molecule has 1 aromatic carbocycles. The molecule has 144 valence electrons. The number of carbonyl (C=O) groups is 2. The van der Waals surface area contributed by atoms with Crippen LogP contribution in [-0.4, -0.2) is 40.4 Å². The monoisotopic (exact) mass is 395 g/mol. The number of thiazole rings is 1. The van der Waals surface area contributed by atoms with Crippen LogP contribution >= 0.6 is 11.3 Å². The zero-order valence-corrected chi connectivity index (χ0v) is 16.6. The first-order valence-corrected chi connectivity index (χ1v) is 9.70. The molecule has 3 rings (SSSR count). The van der Waals surface area contributed by atoms with E-state index in [4.69, 9.17) is 4.74 Å². The summed E-state index contributed by atoms with van der Waals surface area (Å²) in [6, 6.07) is 11.6. The molecule has 0 N–H and O–H groups in total. The molecule has 0 saturated carbocycles. The van der Waals surface area contributed by atoms with Crippen LogP contribution in [0.1, 0.15) is 16.8 Å². The number of carbonyl (C=O) groups excluding carboxylic acids is 2. The van der Waals surface area contributed by atoms with Gasteiger partial charge in [0.25, 0.3) is 5.91 Å². The van der Waals surface area contributed by atoms with Gasteiger partial charge in [0.05, 0.1) is 12.1 Å². The van der Waals surface area contributed by atoms with Crippen molar-refractivity contribution in [1.29, 1.82) is 0 Å². The minimum Gasteiger partial charge on any atom is -0.455 e. The van der Waals surface area contributed by atoms with E-state index < -0.39 is 5.97 Å². The number of hydrogen-bond acceptors (Lipinski definition) is 6. The molecule has 0 radical (unpaired) electrons. The Bertz CT molecular complexity index is 956. The van der Waals surface area contributed by atoms with Crippen molar-refractivity contribution in [3.8, 4) is 10.6 Å². The summed E-state index contributed by atoms with van der Waals surface area (Å²) in [5.41, 5.74) is 3.71. The first-order valence-electron chi connectivity index (χ1n) is 8.82. The minimum absolute atomic E-state index is 0.0333. The molecular formula is C21H21N3O3S. The number of esters is 1. The molecule has 0 aliphatic rings. The van der Waals surface area contributed by atoms with Gasteiger partial charge in [-0.3, -0.25) is 14.6 Å². The van der Waals surface area contributed by atoms with Crippen molar-refractivity contribution in [3.05, 3.63) is 71.0 Å². The summed E-state index contributed by atoms with van der Waals surface area (Å²) < 4.78 is 5.13. The lowest BCUT2D eigenvalue weighted by Gasteiger charge is -2.18. The lowest BCUT2D eigenvalue weighted by Crippen LogP contribution is -2.31. The Morgan fingerprint density at radius 1 is 1.18 bits per heavy atom. The number of ether oxygens (including phenoxy) is 1. The maximum atomic E-state index is 12.2. The van der Waals surface area contributed by atoms with E-state index in [9.17, 15) is 9.59 Å². The van der Waals surface area contributed by atoms with Crippen LogP contribution in [0.2, 0.25) is 0 Å². The van der Waals surface area contributed by atoms with Gasteiger partial charge in [-0.2, -0.15) is 0 Å². The number of hydrogen-bond donors (Lipinski definition) is 0. The first-order chi connectivity index (χ1) is 13.5. The lowest BCUT2D eigenvalue weighted by molar-refractivity contribution is -0.151. The van der Waals surface area contributed by atoms with Gasteiger partial charge in [-0.15, -0.1) is 11.3 Å². The zero-order valence-electron chi connectivity index (χ0n) is 15.8. The number of rotatable bonds is 7. The van der Waals surface area contributed by atoms with Crippen LogP contribution in [0.15, 0.2) is 54.2 Å². The fraction of sp³-hybridized carbons (Fsp3) is 0.238. The molecule has 6 nitrogen and oxygen atoms in total. The molecule has 0 spiro atoms. The van der Waals surface area contributed by atoms with E-state index >= 15 is 0 Å². The van der Waals surface area contributed by atoms with E-state index in [0.717, 1.165) is 21.7 Å². The molecule has 0 fully saturated rings. The van der Waals surface area contributed by atoms with Gasteiger partial charge >= 0.3 is 5.97 Å². The van der Waals surface area contributed by atoms with Crippen molar-refractivity contribution < 1.29 is 14.3 Å². The van der Waals surface area contributed by atoms with Crippen LogP contribution in [0, 0.1) is 6.92 Å². The van der Waals surface area contributed by atoms with E-state index in [1.54, 1.807) is 24.3 Å². The molecule has 0 atom stereocenters. The third-order valence-corrected chi connectivity index (χ3v) is 5.18. The standard InChI is InChI=1S/C21H21N3O3S/c1-15-6-3-4-7-17(15)12-24(2)19(25)13-27-20(26)10-18-14-28-21(23-18)16-8-5-9-22-11-16/h3-9,11,14H,10,12-13H2,1-2H3. The molecule has 0 aliphatic carbocycles. The quantitative estimate of drug-likeness (QED) is 0.574.